The molecule has 4 heteroatoms. The number of benzene rings is 1. The summed E-state index contributed by atoms with van der Waals surface area (Å²) < 4.78 is 0. The van der Waals surface area contributed by atoms with Crippen LogP contribution in [0.2, 0.25) is 10.0 Å². The first-order chi connectivity index (χ1) is 8.13. The highest BCUT2D eigenvalue weighted by Gasteiger charge is 2.32. The second-order valence-electron chi connectivity index (χ2n) is 4.80. The molecule has 0 amide bonds. The maximum Gasteiger partial charge on any atom is 0.0474 e. The molecular formula is C13H18Cl2N2. The van der Waals surface area contributed by atoms with Crippen LogP contribution in [-0.4, -0.2) is 13.1 Å². The predicted octanol–water partition coefficient (Wildman–Crippen LogP) is 3.24. The Labute approximate surface area is 112 Å². The summed E-state index contributed by atoms with van der Waals surface area (Å²) in [6, 6.07) is 5.61. The quantitative estimate of drug-likeness (QED) is 0.864. The molecule has 1 aliphatic rings. The van der Waals surface area contributed by atoms with Crippen LogP contribution >= 0.6 is 23.2 Å². The lowest BCUT2D eigenvalue weighted by molar-refractivity contribution is 0.512. The van der Waals surface area contributed by atoms with E-state index in [1.54, 1.807) is 0 Å². The van der Waals surface area contributed by atoms with Gasteiger partial charge in [-0.15, -0.1) is 0 Å². The van der Waals surface area contributed by atoms with Crippen molar-refractivity contribution in [2.45, 2.75) is 19.4 Å². The zero-order chi connectivity index (χ0) is 12.4. The van der Waals surface area contributed by atoms with Crippen LogP contribution in [0.25, 0.3) is 0 Å². The molecule has 0 saturated heterocycles. The average molecular weight is 273 g/mol. The van der Waals surface area contributed by atoms with Gasteiger partial charge in [0.05, 0.1) is 0 Å². The molecule has 3 N–H and O–H groups in total. The third-order valence-electron chi connectivity index (χ3n) is 3.49. The topological polar surface area (TPSA) is 38.0 Å². The summed E-state index contributed by atoms with van der Waals surface area (Å²) >= 11 is 12.4. The molecule has 0 bridgehead atoms. The maximum absolute atomic E-state index is 6.18. The van der Waals surface area contributed by atoms with E-state index < -0.39 is 0 Å². The van der Waals surface area contributed by atoms with Gasteiger partial charge >= 0.3 is 0 Å². The van der Waals surface area contributed by atoms with Crippen molar-refractivity contribution in [2.75, 3.05) is 13.1 Å². The fraction of sp³-hybridized carbons (Fsp3) is 0.538. The molecule has 1 aliphatic carbocycles. The van der Waals surface area contributed by atoms with E-state index in [1.807, 2.05) is 18.2 Å². The Morgan fingerprint density at radius 1 is 1.41 bits per heavy atom. The highest BCUT2D eigenvalue weighted by molar-refractivity contribution is 6.36. The Hall–Kier alpha value is -0.280. The summed E-state index contributed by atoms with van der Waals surface area (Å²) in [6.45, 7) is 3.77. The fourth-order valence-electron chi connectivity index (χ4n) is 2.12. The molecule has 1 fully saturated rings. The summed E-state index contributed by atoms with van der Waals surface area (Å²) in [7, 11) is 0. The first kappa shape index (κ1) is 13.2. The highest BCUT2D eigenvalue weighted by Crippen LogP contribution is 2.38. The first-order valence-electron chi connectivity index (χ1n) is 6.00. The number of nitrogens with one attached hydrogen (secondary N) is 1. The van der Waals surface area contributed by atoms with Gasteiger partial charge in [-0.05, 0) is 36.9 Å². The normalized spacial score (nSPS) is 24.7. The molecule has 0 spiro atoms. The van der Waals surface area contributed by atoms with Crippen molar-refractivity contribution in [3.63, 3.8) is 0 Å². The summed E-state index contributed by atoms with van der Waals surface area (Å²) in [6.07, 6.45) is 1.31. The van der Waals surface area contributed by atoms with Crippen molar-refractivity contribution < 1.29 is 0 Å². The molecule has 17 heavy (non-hydrogen) atoms. The van der Waals surface area contributed by atoms with E-state index in [4.69, 9.17) is 28.9 Å². The van der Waals surface area contributed by atoms with Crippen molar-refractivity contribution in [1.29, 1.82) is 0 Å². The van der Waals surface area contributed by atoms with Crippen LogP contribution in [0.1, 0.15) is 24.9 Å². The largest absolute Gasteiger partial charge is 0.329 e. The van der Waals surface area contributed by atoms with Gasteiger partial charge < -0.3 is 11.1 Å². The van der Waals surface area contributed by atoms with Gasteiger partial charge in [-0.2, -0.15) is 0 Å². The van der Waals surface area contributed by atoms with E-state index in [2.05, 4.69) is 12.2 Å². The molecule has 1 aromatic rings. The van der Waals surface area contributed by atoms with Gasteiger partial charge in [0.2, 0.25) is 0 Å². The van der Waals surface area contributed by atoms with Crippen molar-refractivity contribution in [2.24, 2.45) is 17.6 Å². The number of hydrogen-bond donors (Lipinski definition) is 2. The Kier molecular flexibility index (Phi) is 4.31. The van der Waals surface area contributed by atoms with Gasteiger partial charge in [0.15, 0.2) is 0 Å². The Morgan fingerprint density at radius 3 is 2.47 bits per heavy atom. The summed E-state index contributed by atoms with van der Waals surface area (Å²) in [5.74, 6) is 1.62. The standard InChI is InChI=1S/C13H18Cl2N2/c1-8-5-9(8)7-17-12(6-16)13-10(14)3-2-4-11(13)15/h2-4,8-9,12,17H,5-7,16H2,1H3. The summed E-state index contributed by atoms with van der Waals surface area (Å²) in [5, 5.41) is 4.83. The number of halogens is 2. The molecular weight excluding hydrogens is 255 g/mol. The Balaban J connectivity index is 2.06. The molecule has 3 unspecified atom stereocenters. The van der Waals surface area contributed by atoms with Gasteiger partial charge in [-0.1, -0.05) is 36.2 Å². The summed E-state index contributed by atoms with van der Waals surface area (Å²) in [4.78, 5) is 0. The zero-order valence-electron chi connectivity index (χ0n) is 9.92. The van der Waals surface area contributed by atoms with Gasteiger partial charge in [-0.3, -0.25) is 0 Å². The van der Waals surface area contributed by atoms with E-state index in [0.717, 1.165) is 23.9 Å². The minimum absolute atomic E-state index is 0.0454. The SMILES string of the molecule is CC1CC1CNC(CN)c1c(Cl)cccc1Cl. The van der Waals surface area contributed by atoms with Crippen LogP contribution in [0, 0.1) is 11.8 Å². The van der Waals surface area contributed by atoms with Gasteiger partial charge in [0, 0.05) is 28.2 Å². The van der Waals surface area contributed by atoms with E-state index >= 15 is 0 Å². The smallest absolute Gasteiger partial charge is 0.0474 e. The van der Waals surface area contributed by atoms with Gasteiger partial charge in [0.25, 0.3) is 0 Å². The minimum Gasteiger partial charge on any atom is -0.329 e. The molecule has 2 rings (SSSR count). The Morgan fingerprint density at radius 2 is 2.00 bits per heavy atom. The number of nitrogens with two attached hydrogens (primary N) is 1. The monoisotopic (exact) mass is 272 g/mol. The minimum atomic E-state index is 0.0454. The fourth-order valence-corrected chi connectivity index (χ4v) is 2.78. The molecule has 0 aromatic heterocycles. The first-order valence-corrected chi connectivity index (χ1v) is 6.76. The van der Waals surface area contributed by atoms with Crippen molar-refractivity contribution in [3.05, 3.63) is 33.8 Å². The van der Waals surface area contributed by atoms with Crippen molar-refractivity contribution in [1.82, 2.24) is 5.32 Å². The van der Waals surface area contributed by atoms with Gasteiger partial charge in [-0.25, -0.2) is 0 Å². The molecule has 94 valence electrons. The second kappa shape index (κ2) is 5.57. The van der Waals surface area contributed by atoms with Crippen LogP contribution in [0.5, 0.6) is 0 Å². The third-order valence-corrected chi connectivity index (χ3v) is 4.15. The number of hydrogen-bond acceptors (Lipinski definition) is 2. The maximum atomic E-state index is 6.18. The lowest BCUT2D eigenvalue weighted by atomic mass is 10.1. The van der Waals surface area contributed by atoms with E-state index in [1.165, 1.54) is 6.42 Å². The average Bonchev–Trinajstić information content (AvgIpc) is 2.99. The zero-order valence-corrected chi connectivity index (χ0v) is 11.4. The highest BCUT2D eigenvalue weighted by atomic mass is 35.5. The molecule has 0 aliphatic heterocycles. The van der Waals surface area contributed by atoms with Crippen LogP contribution in [0.4, 0.5) is 0 Å². The van der Waals surface area contributed by atoms with Crippen LogP contribution in [0.15, 0.2) is 18.2 Å². The Bertz CT molecular complexity index is 375. The molecule has 0 radical (unpaired) electrons. The molecule has 3 atom stereocenters. The van der Waals surface area contributed by atoms with Crippen LogP contribution < -0.4 is 11.1 Å². The van der Waals surface area contributed by atoms with Gasteiger partial charge in [0.1, 0.15) is 0 Å². The van der Waals surface area contributed by atoms with E-state index in [0.29, 0.717) is 16.6 Å². The molecule has 0 heterocycles. The predicted molar refractivity (Wildman–Crippen MR) is 73.5 cm³/mol. The molecule has 2 nitrogen and oxygen atoms in total. The lowest BCUT2D eigenvalue weighted by Gasteiger charge is -2.19. The lowest BCUT2D eigenvalue weighted by Crippen LogP contribution is -2.30. The van der Waals surface area contributed by atoms with Crippen LogP contribution in [-0.2, 0) is 0 Å². The van der Waals surface area contributed by atoms with E-state index in [-0.39, 0.29) is 6.04 Å². The summed E-state index contributed by atoms with van der Waals surface area (Å²) in [5.41, 5.74) is 6.73. The molecule has 1 saturated carbocycles. The molecule has 1 aromatic carbocycles. The van der Waals surface area contributed by atoms with Crippen LogP contribution in [0.3, 0.4) is 0 Å². The van der Waals surface area contributed by atoms with Crippen molar-refractivity contribution >= 4 is 23.2 Å². The second-order valence-corrected chi connectivity index (χ2v) is 5.62. The third kappa shape index (κ3) is 3.14. The number of rotatable bonds is 5. The van der Waals surface area contributed by atoms with Crippen molar-refractivity contribution in [3.8, 4) is 0 Å². The van der Waals surface area contributed by atoms with E-state index in [9.17, 15) is 0 Å².